The minimum absolute atomic E-state index is 0.0159. The SMILES string of the molecule is O=C(CI)C(O)C(O)C(O)C(O)CO. The zero-order valence-electron chi connectivity index (χ0n) is 7.25. The molecule has 0 aliphatic heterocycles. The van der Waals surface area contributed by atoms with E-state index in [0.717, 1.165) is 0 Å². The third-order valence-electron chi connectivity index (χ3n) is 1.72. The van der Waals surface area contributed by atoms with Crippen molar-refractivity contribution >= 4 is 28.4 Å². The van der Waals surface area contributed by atoms with Crippen LogP contribution < -0.4 is 0 Å². The minimum atomic E-state index is -1.79. The molecule has 0 aromatic carbocycles. The first-order valence-electron chi connectivity index (χ1n) is 3.87. The molecule has 5 N–H and O–H groups in total. The van der Waals surface area contributed by atoms with Crippen LogP contribution in [0.2, 0.25) is 0 Å². The van der Waals surface area contributed by atoms with Crippen molar-refractivity contribution in [3.05, 3.63) is 0 Å². The minimum Gasteiger partial charge on any atom is -0.394 e. The summed E-state index contributed by atoms with van der Waals surface area (Å²) in [4.78, 5) is 10.9. The maximum atomic E-state index is 10.9. The van der Waals surface area contributed by atoms with Crippen LogP contribution in [0.1, 0.15) is 0 Å². The summed E-state index contributed by atoms with van der Waals surface area (Å²) in [5, 5.41) is 44.8. The van der Waals surface area contributed by atoms with Gasteiger partial charge in [-0.05, 0) is 0 Å². The molecule has 0 heterocycles. The van der Waals surface area contributed by atoms with Crippen LogP contribution in [0.5, 0.6) is 0 Å². The normalized spacial score (nSPS) is 19.9. The van der Waals surface area contributed by atoms with E-state index in [1.807, 2.05) is 0 Å². The third-order valence-corrected chi connectivity index (χ3v) is 2.47. The standard InChI is InChI=1S/C7H13IO6/c8-1-3(10)5(12)7(14)6(13)4(11)2-9/h4-7,9,11-14H,1-2H2. The lowest BCUT2D eigenvalue weighted by atomic mass is 10.0. The lowest BCUT2D eigenvalue weighted by molar-refractivity contribution is -0.144. The molecule has 14 heavy (non-hydrogen) atoms. The van der Waals surface area contributed by atoms with Crippen LogP contribution in [0.4, 0.5) is 0 Å². The van der Waals surface area contributed by atoms with Crippen LogP contribution in [-0.2, 0) is 4.79 Å². The molecular weight excluding hydrogens is 307 g/mol. The Kier molecular flexibility index (Phi) is 6.74. The maximum absolute atomic E-state index is 10.9. The first kappa shape index (κ1) is 14.2. The van der Waals surface area contributed by atoms with Crippen molar-refractivity contribution in [2.45, 2.75) is 24.4 Å². The van der Waals surface area contributed by atoms with E-state index in [9.17, 15) is 9.90 Å². The second kappa shape index (κ2) is 6.64. The van der Waals surface area contributed by atoms with Gasteiger partial charge in [0, 0.05) is 0 Å². The number of halogens is 1. The number of aliphatic hydroxyl groups excluding tert-OH is 5. The summed E-state index contributed by atoms with van der Waals surface area (Å²) >= 11 is 1.70. The fourth-order valence-corrected chi connectivity index (χ4v) is 1.24. The van der Waals surface area contributed by atoms with Crippen LogP contribution in [0.15, 0.2) is 0 Å². The average Bonchev–Trinajstić information content (AvgIpc) is 2.23. The van der Waals surface area contributed by atoms with Crippen LogP contribution in [-0.4, -0.2) is 66.8 Å². The van der Waals surface area contributed by atoms with Crippen LogP contribution >= 0.6 is 22.6 Å². The van der Waals surface area contributed by atoms with Crippen molar-refractivity contribution < 1.29 is 30.3 Å². The van der Waals surface area contributed by atoms with Crippen molar-refractivity contribution in [3.8, 4) is 0 Å². The number of Topliss-reactive ketones (excluding diaryl/α,β-unsaturated/α-hetero) is 1. The van der Waals surface area contributed by atoms with Crippen molar-refractivity contribution in [1.82, 2.24) is 0 Å². The average molecular weight is 320 g/mol. The van der Waals surface area contributed by atoms with E-state index in [-0.39, 0.29) is 4.43 Å². The largest absolute Gasteiger partial charge is 0.394 e. The summed E-state index contributed by atoms with van der Waals surface area (Å²) in [6, 6.07) is 0. The maximum Gasteiger partial charge on any atom is 0.173 e. The number of alkyl halides is 1. The monoisotopic (exact) mass is 320 g/mol. The summed E-state index contributed by atoms with van der Waals surface area (Å²) in [5.41, 5.74) is 0. The Bertz CT molecular complexity index is 187. The lowest BCUT2D eigenvalue weighted by Gasteiger charge is -2.24. The predicted molar refractivity (Wildman–Crippen MR) is 55.0 cm³/mol. The Morgan fingerprint density at radius 3 is 2.00 bits per heavy atom. The van der Waals surface area contributed by atoms with Crippen molar-refractivity contribution in [3.63, 3.8) is 0 Å². The highest BCUT2D eigenvalue weighted by atomic mass is 127. The molecule has 0 aliphatic rings. The molecule has 4 unspecified atom stereocenters. The number of rotatable bonds is 6. The molecule has 0 bridgehead atoms. The van der Waals surface area contributed by atoms with E-state index in [1.165, 1.54) is 0 Å². The van der Waals surface area contributed by atoms with Crippen molar-refractivity contribution in [1.29, 1.82) is 0 Å². The predicted octanol–water partition coefficient (Wildman–Crippen LogP) is -2.57. The molecule has 0 saturated heterocycles. The Morgan fingerprint density at radius 1 is 1.14 bits per heavy atom. The van der Waals surface area contributed by atoms with Crippen LogP contribution in [0, 0.1) is 0 Å². The van der Waals surface area contributed by atoms with E-state index in [1.54, 1.807) is 22.6 Å². The number of hydrogen-bond acceptors (Lipinski definition) is 6. The molecule has 0 fully saturated rings. The molecule has 0 saturated carbocycles. The van der Waals surface area contributed by atoms with E-state index in [0.29, 0.717) is 0 Å². The van der Waals surface area contributed by atoms with Crippen molar-refractivity contribution in [2.24, 2.45) is 0 Å². The summed E-state index contributed by atoms with van der Waals surface area (Å²) in [7, 11) is 0. The van der Waals surface area contributed by atoms with E-state index in [2.05, 4.69) is 0 Å². The van der Waals surface area contributed by atoms with Gasteiger partial charge in [-0.15, -0.1) is 0 Å². The summed E-state index contributed by atoms with van der Waals surface area (Å²) in [5.74, 6) is -0.651. The molecule has 0 aromatic heterocycles. The van der Waals surface area contributed by atoms with Gasteiger partial charge in [0.25, 0.3) is 0 Å². The number of hydrogen-bond donors (Lipinski definition) is 5. The second-order valence-corrected chi connectivity index (χ2v) is 3.54. The smallest absolute Gasteiger partial charge is 0.173 e. The van der Waals surface area contributed by atoms with Gasteiger partial charge in [-0.2, -0.15) is 0 Å². The van der Waals surface area contributed by atoms with Crippen molar-refractivity contribution in [2.75, 3.05) is 11.0 Å². The Labute approximate surface area is 94.3 Å². The fourth-order valence-electron chi connectivity index (χ4n) is 0.792. The Morgan fingerprint density at radius 2 is 1.64 bits per heavy atom. The second-order valence-electron chi connectivity index (χ2n) is 2.78. The molecule has 6 nitrogen and oxygen atoms in total. The molecular formula is C7H13IO6. The Hall–Kier alpha value is 0.200. The molecule has 0 aromatic rings. The van der Waals surface area contributed by atoms with Gasteiger partial charge < -0.3 is 25.5 Å². The number of ketones is 1. The molecule has 0 spiro atoms. The lowest BCUT2D eigenvalue weighted by Crippen LogP contribution is -2.48. The summed E-state index contributed by atoms with van der Waals surface area (Å²) in [6.45, 7) is -0.761. The number of aliphatic hydroxyl groups is 5. The number of carbonyl (C=O) groups excluding carboxylic acids is 1. The van der Waals surface area contributed by atoms with Gasteiger partial charge >= 0.3 is 0 Å². The zero-order valence-corrected chi connectivity index (χ0v) is 9.40. The summed E-state index contributed by atoms with van der Waals surface area (Å²) in [6.07, 6.45) is -6.87. The van der Waals surface area contributed by atoms with Crippen LogP contribution in [0.25, 0.3) is 0 Å². The molecule has 0 radical (unpaired) electrons. The topological polar surface area (TPSA) is 118 Å². The highest BCUT2D eigenvalue weighted by Crippen LogP contribution is 2.06. The van der Waals surface area contributed by atoms with E-state index >= 15 is 0 Å². The van der Waals surface area contributed by atoms with Crippen LogP contribution in [0.3, 0.4) is 0 Å². The first-order valence-corrected chi connectivity index (χ1v) is 5.40. The molecule has 0 aliphatic carbocycles. The fraction of sp³-hybridized carbons (Fsp3) is 0.857. The summed E-state index contributed by atoms with van der Waals surface area (Å²) < 4.78 is -0.0159. The van der Waals surface area contributed by atoms with Gasteiger partial charge in [-0.1, -0.05) is 22.6 Å². The van der Waals surface area contributed by atoms with Gasteiger partial charge in [0.05, 0.1) is 11.0 Å². The van der Waals surface area contributed by atoms with E-state index in [4.69, 9.17) is 20.4 Å². The Balaban J connectivity index is 4.30. The van der Waals surface area contributed by atoms with Gasteiger partial charge in [0.1, 0.15) is 24.4 Å². The molecule has 4 atom stereocenters. The zero-order chi connectivity index (χ0) is 11.3. The van der Waals surface area contributed by atoms with Gasteiger partial charge in [0.2, 0.25) is 0 Å². The molecule has 0 rings (SSSR count). The first-order chi connectivity index (χ1) is 6.45. The van der Waals surface area contributed by atoms with Gasteiger partial charge in [0.15, 0.2) is 5.78 Å². The highest BCUT2D eigenvalue weighted by molar-refractivity contribution is 14.1. The third kappa shape index (κ3) is 3.75. The quantitative estimate of drug-likeness (QED) is 0.271. The highest BCUT2D eigenvalue weighted by Gasteiger charge is 2.33. The molecule has 7 heteroatoms. The molecule has 0 amide bonds. The molecule has 84 valence electrons. The van der Waals surface area contributed by atoms with E-state index < -0.39 is 36.8 Å². The van der Waals surface area contributed by atoms with Gasteiger partial charge in [-0.25, -0.2) is 0 Å². The number of carbonyl (C=O) groups is 1. The van der Waals surface area contributed by atoms with Gasteiger partial charge in [-0.3, -0.25) is 4.79 Å².